The van der Waals surface area contributed by atoms with E-state index in [-0.39, 0.29) is 17.7 Å². The van der Waals surface area contributed by atoms with Gasteiger partial charge >= 0.3 is 5.97 Å². The van der Waals surface area contributed by atoms with Crippen LogP contribution in [0.1, 0.15) is 24.3 Å². The quantitative estimate of drug-likeness (QED) is 0.894. The van der Waals surface area contributed by atoms with E-state index >= 15 is 0 Å². The number of carboxylic acids is 1. The second-order valence-electron chi connectivity index (χ2n) is 4.81. The van der Waals surface area contributed by atoms with Crippen LogP contribution in [-0.2, 0) is 9.59 Å². The molecule has 1 aromatic rings. The highest BCUT2D eigenvalue weighted by atomic mass is 32.2. The second kappa shape index (κ2) is 6.91. The predicted molar refractivity (Wildman–Crippen MR) is 83.3 cm³/mol. The molecule has 2 rings (SSSR count). The summed E-state index contributed by atoms with van der Waals surface area (Å²) in [6, 6.07) is 4.59. The Morgan fingerprint density at radius 3 is 2.55 bits per heavy atom. The summed E-state index contributed by atoms with van der Waals surface area (Å²) >= 11 is 1.44. The monoisotopic (exact) mass is 325 g/mol. The summed E-state index contributed by atoms with van der Waals surface area (Å²) in [6.45, 7) is 1.73. The molecule has 1 amide bonds. The maximum Gasteiger partial charge on any atom is 0.327 e. The number of nitrogens with zero attached hydrogens (tertiary/aromatic N) is 1. The number of hydrogen-bond donors (Lipinski definition) is 1. The molecule has 1 heterocycles. The first-order valence-corrected chi connectivity index (χ1v) is 7.95. The Bertz CT molecular complexity index is 577. The van der Waals surface area contributed by atoms with E-state index in [4.69, 9.17) is 9.47 Å². The summed E-state index contributed by atoms with van der Waals surface area (Å²) in [5, 5.41) is 9.00. The van der Waals surface area contributed by atoms with E-state index in [1.807, 2.05) is 6.07 Å². The van der Waals surface area contributed by atoms with Crippen molar-refractivity contribution in [3.05, 3.63) is 23.8 Å². The predicted octanol–water partition coefficient (Wildman–Crippen LogP) is 2.14. The molecule has 0 aromatic heterocycles. The molecule has 7 heteroatoms. The van der Waals surface area contributed by atoms with Gasteiger partial charge < -0.3 is 19.5 Å². The standard InChI is InChI=1S/C15H19NO5S/c1-4-13(17)16-10(15(18)19)8-22-14(16)9-5-6-11(20-2)12(7-9)21-3/h5-7,10,14H,4,8H2,1-3H3,(H,18,19). The average molecular weight is 325 g/mol. The van der Waals surface area contributed by atoms with Gasteiger partial charge in [0.05, 0.1) is 14.2 Å². The van der Waals surface area contributed by atoms with Crippen molar-refractivity contribution < 1.29 is 24.2 Å². The fourth-order valence-corrected chi connectivity index (χ4v) is 3.88. The molecule has 1 fully saturated rings. The first-order chi connectivity index (χ1) is 10.5. The van der Waals surface area contributed by atoms with Crippen LogP contribution in [0.25, 0.3) is 0 Å². The molecule has 6 nitrogen and oxygen atoms in total. The lowest BCUT2D eigenvalue weighted by Gasteiger charge is -2.27. The third-order valence-corrected chi connectivity index (χ3v) is 4.89. The zero-order chi connectivity index (χ0) is 16.3. The number of methoxy groups -OCH3 is 2. The topological polar surface area (TPSA) is 76.1 Å². The number of hydrogen-bond acceptors (Lipinski definition) is 5. The number of benzene rings is 1. The molecule has 0 bridgehead atoms. The number of thioether (sulfide) groups is 1. The van der Waals surface area contributed by atoms with Crippen LogP contribution in [0.15, 0.2) is 18.2 Å². The van der Waals surface area contributed by atoms with Gasteiger partial charge in [-0.3, -0.25) is 4.79 Å². The molecular formula is C15H19NO5S. The van der Waals surface area contributed by atoms with Gasteiger partial charge in [-0.15, -0.1) is 11.8 Å². The molecule has 0 saturated carbocycles. The van der Waals surface area contributed by atoms with Crippen molar-refractivity contribution in [1.29, 1.82) is 0 Å². The summed E-state index contributed by atoms with van der Waals surface area (Å²) < 4.78 is 10.5. The molecule has 2 atom stereocenters. The minimum absolute atomic E-state index is 0.169. The number of carbonyl (C=O) groups excluding carboxylic acids is 1. The van der Waals surface area contributed by atoms with Crippen LogP contribution < -0.4 is 9.47 Å². The minimum Gasteiger partial charge on any atom is -0.493 e. The summed E-state index contributed by atoms with van der Waals surface area (Å²) in [7, 11) is 3.09. The summed E-state index contributed by atoms with van der Waals surface area (Å²) in [4.78, 5) is 25.0. The molecule has 2 unspecified atom stereocenters. The Kier molecular flexibility index (Phi) is 5.18. The Morgan fingerprint density at radius 1 is 1.32 bits per heavy atom. The maximum absolute atomic E-state index is 12.2. The van der Waals surface area contributed by atoms with Gasteiger partial charge in [0, 0.05) is 12.2 Å². The van der Waals surface area contributed by atoms with Gasteiger partial charge in [0.15, 0.2) is 11.5 Å². The van der Waals surface area contributed by atoms with Crippen LogP contribution in [0.5, 0.6) is 11.5 Å². The van der Waals surface area contributed by atoms with E-state index in [0.717, 1.165) is 5.56 Å². The Morgan fingerprint density at radius 2 is 2.00 bits per heavy atom. The molecule has 1 N–H and O–H groups in total. The van der Waals surface area contributed by atoms with Crippen LogP contribution in [-0.4, -0.2) is 47.9 Å². The molecule has 0 spiro atoms. The van der Waals surface area contributed by atoms with Crippen molar-refractivity contribution >= 4 is 23.6 Å². The highest BCUT2D eigenvalue weighted by molar-refractivity contribution is 7.99. The van der Waals surface area contributed by atoms with Crippen LogP contribution in [0.4, 0.5) is 0 Å². The minimum atomic E-state index is -0.975. The van der Waals surface area contributed by atoms with Crippen LogP contribution >= 0.6 is 11.8 Å². The molecule has 1 aliphatic rings. The molecule has 1 saturated heterocycles. The number of carbonyl (C=O) groups is 2. The first kappa shape index (κ1) is 16.5. The van der Waals surface area contributed by atoms with Crippen molar-refractivity contribution in [3.8, 4) is 11.5 Å². The molecule has 120 valence electrons. The number of amides is 1. The third-order valence-electron chi connectivity index (χ3n) is 3.57. The molecule has 1 aromatic carbocycles. The van der Waals surface area contributed by atoms with Crippen molar-refractivity contribution in [2.75, 3.05) is 20.0 Å². The van der Waals surface area contributed by atoms with Crippen molar-refractivity contribution in [1.82, 2.24) is 4.90 Å². The van der Waals surface area contributed by atoms with Gasteiger partial charge in [-0.1, -0.05) is 13.0 Å². The van der Waals surface area contributed by atoms with E-state index < -0.39 is 12.0 Å². The van der Waals surface area contributed by atoms with Crippen molar-refractivity contribution in [3.63, 3.8) is 0 Å². The molecule has 1 aliphatic heterocycles. The van der Waals surface area contributed by atoms with Gasteiger partial charge in [-0.25, -0.2) is 4.79 Å². The maximum atomic E-state index is 12.2. The van der Waals surface area contributed by atoms with Crippen molar-refractivity contribution in [2.24, 2.45) is 0 Å². The first-order valence-electron chi connectivity index (χ1n) is 6.91. The van der Waals surface area contributed by atoms with Gasteiger partial charge in [-0.05, 0) is 17.7 Å². The smallest absolute Gasteiger partial charge is 0.327 e. The second-order valence-corrected chi connectivity index (χ2v) is 5.92. The number of carboxylic acid groups (broad SMARTS) is 1. The lowest BCUT2D eigenvalue weighted by molar-refractivity contribution is -0.149. The normalized spacial score (nSPS) is 20.8. The van der Waals surface area contributed by atoms with E-state index in [0.29, 0.717) is 17.3 Å². The number of ether oxygens (including phenoxy) is 2. The molecule has 22 heavy (non-hydrogen) atoms. The zero-order valence-corrected chi connectivity index (χ0v) is 13.6. The Labute approximate surface area is 133 Å². The van der Waals surface area contributed by atoms with Crippen LogP contribution in [0.2, 0.25) is 0 Å². The lowest BCUT2D eigenvalue weighted by atomic mass is 10.1. The fourth-order valence-electron chi connectivity index (χ4n) is 2.45. The third kappa shape index (κ3) is 2.99. The van der Waals surface area contributed by atoms with E-state index in [1.165, 1.54) is 16.7 Å². The van der Waals surface area contributed by atoms with Gasteiger partial charge in [-0.2, -0.15) is 0 Å². The molecular weight excluding hydrogens is 306 g/mol. The van der Waals surface area contributed by atoms with Crippen LogP contribution in [0.3, 0.4) is 0 Å². The Balaban J connectivity index is 2.38. The number of aliphatic carboxylic acids is 1. The van der Waals surface area contributed by atoms with E-state index in [2.05, 4.69) is 0 Å². The SMILES string of the molecule is CCC(=O)N1C(C(=O)O)CSC1c1ccc(OC)c(OC)c1. The average Bonchev–Trinajstić information content (AvgIpc) is 2.98. The number of rotatable bonds is 5. The summed E-state index contributed by atoms with van der Waals surface area (Å²) in [6.07, 6.45) is 0.272. The van der Waals surface area contributed by atoms with E-state index in [9.17, 15) is 14.7 Å². The molecule has 0 radical (unpaired) electrons. The van der Waals surface area contributed by atoms with Gasteiger partial charge in [0.2, 0.25) is 5.91 Å². The summed E-state index contributed by atoms with van der Waals surface area (Å²) in [5.41, 5.74) is 0.827. The largest absolute Gasteiger partial charge is 0.493 e. The fraction of sp³-hybridized carbons (Fsp3) is 0.467. The Hall–Kier alpha value is -1.89. The zero-order valence-electron chi connectivity index (χ0n) is 12.7. The van der Waals surface area contributed by atoms with E-state index in [1.54, 1.807) is 33.3 Å². The van der Waals surface area contributed by atoms with Gasteiger partial charge in [0.1, 0.15) is 11.4 Å². The van der Waals surface area contributed by atoms with Crippen molar-refractivity contribution in [2.45, 2.75) is 24.8 Å². The van der Waals surface area contributed by atoms with Gasteiger partial charge in [0.25, 0.3) is 0 Å². The lowest BCUT2D eigenvalue weighted by Crippen LogP contribution is -2.42. The highest BCUT2D eigenvalue weighted by Gasteiger charge is 2.41. The molecule has 0 aliphatic carbocycles. The highest BCUT2D eigenvalue weighted by Crippen LogP contribution is 2.43. The summed E-state index contributed by atoms with van der Waals surface area (Å²) in [5.74, 6) is 0.384. The van der Waals surface area contributed by atoms with Crippen LogP contribution in [0, 0.1) is 0 Å².